The number of hydrogen-bond donors (Lipinski definition) is 2. The van der Waals surface area contributed by atoms with Gasteiger partial charge in [0.25, 0.3) is 0 Å². The summed E-state index contributed by atoms with van der Waals surface area (Å²) in [5, 5.41) is 2.93. The number of amides is 1. The minimum absolute atomic E-state index is 0.233. The van der Waals surface area contributed by atoms with Crippen LogP contribution in [0.2, 0.25) is 5.15 Å². The number of carbonyl (C=O) groups is 1. The largest absolute Gasteiger partial charge is 0.322 e. The zero-order valence-electron chi connectivity index (χ0n) is 9.40. The highest BCUT2D eigenvalue weighted by molar-refractivity contribution is 6.32. The van der Waals surface area contributed by atoms with E-state index in [1.54, 1.807) is 18.3 Å². The molecule has 0 radical (unpaired) electrons. The molecule has 0 spiro atoms. The molecule has 16 heavy (non-hydrogen) atoms. The third-order valence-corrected chi connectivity index (χ3v) is 2.38. The minimum atomic E-state index is -0.517. The monoisotopic (exact) mass is 241 g/mol. The fourth-order valence-corrected chi connectivity index (χ4v) is 1.49. The summed E-state index contributed by atoms with van der Waals surface area (Å²) in [5.74, 6) is 0.147. The van der Waals surface area contributed by atoms with Crippen molar-refractivity contribution in [1.82, 2.24) is 4.98 Å². The topological polar surface area (TPSA) is 68.0 Å². The average Bonchev–Trinajstić information content (AvgIpc) is 2.20. The Morgan fingerprint density at radius 1 is 1.62 bits per heavy atom. The van der Waals surface area contributed by atoms with E-state index >= 15 is 0 Å². The van der Waals surface area contributed by atoms with Crippen molar-refractivity contribution >= 4 is 23.2 Å². The molecular weight excluding hydrogens is 226 g/mol. The Balaban J connectivity index is 2.61. The van der Waals surface area contributed by atoms with Crippen molar-refractivity contribution in [3.63, 3.8) is 0 Å². The van der Waals surface area contributed by atoms with Crippen LogP contribution < -0.4 is 11.1 Å². The predicted molar refractivity (Wildman–Crippen MR) is 65.3 cm³/mol. The number of nitrogens with one attached hydrogen (secondary N) is 1. The van der Waals surface area contributed by atoms with Gasteiger partial charge in [-0.15, -0.1) is 0 Å². The van der Waals surface area contributed by atoms with Crippen molar-refractivity contribution in [3.05, 3.63) is 23.5 Å². The van der Waals surface area contributed by atoms with E-state index in [1.807, 2.05) is 13.8 Å². The Labute approximate surface area is 100 Å². The molecule has 0 aromatic carbocycles. The SMILES string of the molecule is CC(C)C[C@@H](N)C(=O)Nc1cccnc1Cl. The molecule has 1 amide bonds. The summed E-state index contributed by atoms with van der Waals surface area (Å²) in [7, 11) is 0. The molecule has 0 unspecified atom stereocenters. The van der Waals surface area contributed by atoms with Gasteiger partial charge in [-0.3, -0.25) is 4.79 Å². The van der Waals surface area contributed by atoms with E-state index in [0.29, 0.717) is 18.0 Å². The molecular formula is C11H16ClN3O. The Hall–Kier alpha value is -1.13. The molecule has 1 rings (SSSR count). The van der Waals surface area contributed by atoms with Crippen molar-refractivity contribution in [1.29, 1.82) is 0 Å². The average molecular weight is 242 g/mol. The predicted octanol–water partition coefficient (Wildman–Crippen LogP) is 2.05. The van der Waals surface area contributed by atoms with Gasteiger partial charge in [0.2, 0.25) is 5.91 Å². The van der Waals surface area contributed by atoms with Gasteiger partial charge in [-0.05, 0) is 24.5 Å². The summed E-state index contributed by atoms with van der Waals surface area (Å²) in [6.07, 6.45) is 2.20. The van der Waals surface area contributed by atoms with Crippen molar-refractivity contribution in [2.75, 3.05) is 5.32 Å². The maximum Gasteiger partial charge on any atom is 0.241 e. The molecule has 0 bridgehead atoms. The molecule has 0 aliphatic carbocycles. The molecule has 1 atom stereocenters. The molecule has 1 heterocycles. The smallest absolute Gasteiger partial charge is 0.241 e. The molecule has 0 aliphatic rings. The van der Waals surface area contributed by atoms with Crippen molar-refractivity contribution < 1.29 is 4.79 Å². The highest BCUT2D eigenvalue weighted by Gasteiger charge is 2.16. The molecule has 5 heteroatoms. The molecule has 88 valence electrons. The molecule has 0 saturated heterocycles. The maximum absolute atomic E-state index is 11.7. The third kappa shape index (κ3) is 3.79. The number of hydrogen-bond acceptors (Lipinski definition) is 3. The zero-order chi connectivity index (χ0) is 12.1. The highest BCUT2D eigenvalue weighted by Crippen LogP contribution is 2.17. The minimum Gasteiger partial charge on any atom is -0.322 e. The van der Waals surface area contributed by atoms with Crippen LogP contribution in [0, 0.1) is 5.92 Å². The van der Waals surface area contributed by atoms with Gasteiger partial charge in [-0.2, -0.15) is 0 Å². The van der Waals surface area contributed by atoms with Crippen LogP contribution in [0.25, 0.3) is 0 Å². The van der Waals surface area contributed by atoms with E-state index in [2.05, 4.69) is 10.3 Å². The number of nitrogens with two attached hydrogens (primary N) is 1. The summed E-state index contributed by atoms with van der Waals surface area (Å²) < 4.78 is 0. The van der Waals surface area contributed by atoms with Gasteiger partial charge >= 0.3 is 0 Å². The Morgan fingerprint density at radius 2 is 2.31 bits per heavy atom. The molecule has 0 aliphatic heterocycles. The van der Waals surface area contributed by atoms with E-state index < -0.39 is 6.04 Å². The van der Waals surface area contributed by atoms with Gasteiger partial charge in [-0.1, -0.05) is 25.4 Å². The highest BCUT2D eigenvalue weighted by atomic mass is 35.5. The van der Waals surface area contributed by atoms with Gasteiger partial charge in [0.15, 0.2) is 5.15 Å². The number of pyridine rings is 1. The Kier molecular flexibility index (Phi) is 4.71. The lowest BCUT2D eigenvalue weighted by Crippen LogP contribution is -2.36. The lowest BCUT2D eigenvalue weighted by Gasteiger charge is -2.14. The molecule has 0 fully saturated rings. The van der Waals surface area contributed by atoms with Gasteiger partial charge in [0, 0.05) is 6.20 Å². The van der Waals surface area contributed by atoms with Crippen LogP contribution in [-0.4, -0.2) is 16.9 Å². The molecule has 4 nitrogen and oxygen atoms in total. The Morgan fingerprint density at radius 3 is 2.88 bits per heavy atom. The second kappa shape index (κ2) is 5.82. The summed E-state index contributed by atoms with van der Waals surface area (Å²) in [4.78, 5) is 15.5. The lowest BCUT2D eigenvalue weighted by molar-refractivity contribution is -0.117. The molecule has 1 aromatic rings. The van der Waals surface area contributed by atoms with Crippen LogP contribution in [0.1, 0.15) is 20.3 Å². The first-order valence-electron chi connectivity index (χ1n) is 5.17. The quantitative estimate of drug-likeness (QED) is 0.793. The van der Waals surface area contributed by atoms with Crippen LogP contribution >= 0.6 is 11.6 Å². The van der Waals surface area contributed by atoms with Crippen molar-refractivity contribution in [3.8, 4) is 0 Å². The maximum atomic E-state index is 11.7. The number of anilines is 1. The van der Waals surface area contributed by atoms with Crippen LogP contribution in [0.15, 0.2) is 18.3 Å². The number of aromatic nitrogens is 1. The summed E-state index contributed by atoms with van der Waals surface area (Å²) in [6.45, 7) is 4.04. The standard InChI is InChI=1S/C11H16ClN3O/c1-7(2)6-8(13)11(16)15-9-4-3-5-14-10(9)12/h3-5,7-8H,6,13H2,1-2H3,(H,15,16)/t8-/m1/s1. The molecule has 3 N–H and O–H groups in total. The third-order valence-electron chi connectivity index (χ3n) is 2.08. The van der Waals surface area contributed by atoms with E-state index in [0.717, 1.165) is 0 Å². The van der Waals surface area contributed by atoms with Gasteiger partial charge in [0.1, 0.15) is 0 Å². The molecule has 1 aromatic heterocycles. The molecule has 0 saturated carbocycles. The van der Waals surface area contributed by atoms with Crippen molar-refractivity contribution in [2.45, 2.75) is 26.3 Å². The first-order chi connectivity index (χ1) is 7.50. The normalized spacial score (nSPS) is 12.6. The summed E-state index contributed by atoms with van der Waals surface area (Å²) in [6, 6.07) is 2.88. The van der Waals surface area contributed by atoms with E-state index in [4.69, 9.17) is 17.3 Å². The van der Waals surface area contributed by atoms with E-state index in [1.165, 1.54) is 0 Å². The fraction of sp³-hybridized carbons (Fsp3) is 0.455. The second-order valence-corrected chi connectivity index (χ2v) is 4.43. The lowest BCUT2D eigenvalue weighted by atomic mass is 10.0. The second-order valence-electron chi connectivity index (χ2n) is 4.07. The van der Waals surface area contributed by atoms with Crippen LogP contribution in [0.4, 0.5) is 5.69 Å². The van der Waals surface area contributed by atoms with E-state index in [-0.39, 0.29) is 11.1 Å². The van der Waals surface area contributed by atoms with Crippen molar-refractivity contribution in [2.24, 2.45) is 11.7 Å². The van der Waals surface area contributed by atoms with E-state index in [9.17, 15) is 4.79 Å². The van der Waals surface area contributed by atoms with Crippen LogP contribution in [0.5, 0.6) is 0 Å². The fourth-order valence-electron chi connectivity index (χ4n) is 1.32. The first-order valence-corrected chi connectivity index (χ1v) is 5.55. The number of carbonyl (C=O) groups excluding carboxylic acids is 1. The number of nitrogens with zero attached hydrogens (tertiary/aromatic N) is 1. The van der Waals surface area contributed by atoms with Gasteiger partial charge in [0.05, 0.1) is 11.7 Å². The number of halogens is 1. The summed E-state index contributed by atoms with van der Waals surface area (Å²) in [5.41, 5.74) is 6.23. The number of rotatable bonds is 4. The van der Waals surface area contributed by atoms with Crippen LogP contribution in [-0.2, 0) is 4.79 Å². The first kappa shape index (κ1) is 12.9. The van der Waals surface area contributed by atoms with Gasteiger partial charge < -0.3 is 11.1 Å². The van der Waals surface area contributed by atoms with Crippen LogP contribution in [0.3, 0.4) is 0 Å². The zero-order valence-corrected chi connectivity index (χ0v) is 10.2. The summed E-state index contributed by atoms with van der Waals surface area (Å²) >= 11 is 5.81. The van der Waals surface area contributed by atoms with Gasteiger partial charge in [-0.25, -0.2) is 4.98 Å². The Bertz CT molecular complexity index is 368.